The van der Waals surface area contributed by atoms with E-state index < -0.39 is 0 Å². The average molecular weight is 274 g/mol. The number of hydrogen-bond acceptors (Lipinski definition) is 5. The summed E-state index contributed by atoms with van der Waals surface area (Å²) in [5.74, 6) is 0.555. The molecule has 4 nitrogen and oxygen atoms in total. The zero-order chi connectivity index (χ0) is 13.2. The highest BCUT2D eigenvalue weighted by molar-refractivity contribution is 7.21. The van der Waals surface area contributed by atoms with E-state index in [0.29, 0.717) is 0 Å². The molecular weight excluding hydrogens is 263 g/mol. The van der Waals surface area contributed by atoms with Crippen LogP contribution >= 0.6 is 11.3 Å². The molecule has 0 amide bonds. The second-order valence-electron chi connectivity index (χ2n) is 3.92. The van der Waals surface area contributed by atoms with Crippen LogP contribution in [0.4, 0.5) is 21.0 Å². The number of halogens is 1. The van der Waals surface area contributed by atoms with E-state index in [1.807, 2.05) is 19.2 Å². The number of nitrogens with one attached hydrogen (secondary N) is 2. The fourth-order valence-electron chi connectivity index (χ4n) is 1.67. The summed E-state index contributed by atoms with van der Waals surface area (Å²) in [7, 11) is 1.83. The Morgan fingerprint density at radius 2 is 1.84 bits per heavy atom. The van der Waals surface area contributed by atoms with E-state index in [2.05, 4.69) is 20.6 Å². The van der Waals surface area contributed by atoms with Gasteiger partial charge in [-0.2, -0.15) is 0 Å². The van der Waals surface area contributed by atoms with Crippen molar-refractivity contribution in [1.82, 2.24) is 9.97 Å². The van der Waals surface area contributed by atoms with Gasteiger partial charge in [-0.25, -0.2) is 14.4 Å². The van der Waals surface area contributed by atoms with Crippen molar-refractivity contribution in [1.29, 1.82) is 0 Å². The molecule has 0 saturated carbocycles. The predicted octanol–water partition coefficient (Wildman–Crippen LogP) is 3.62. The molecular formula is C13H11FN4S. The number of hydrogen-bond donors (Lipinski definition) is 2. The van der Waals surface area contributed by atoms with Gasteiger partial charge in [0.05, 0.1) is 0 Å². The Hall–Kier alpha value is -2.21. The minimum Gasteiger partial charge on any atom is -0.373 e. The summed E-state index contributed by atoms with van der Waals surface area (Å²) in [5, 5.41) is 6.87. The van der Waals surface area contributed by atoms with Gasteiger partial charge in [-0.05, 0) is 36.4 Å². The molecule has 0 atom stereocenters. The molecule has 6 heteroatoms. The summed E-state index contributed by atoms with van der Waals surface area (Å²) in [5.41, 5.74) is 1.64. The monoisotopic (exact) mass is 274 g/mol. The standard InChI is InChI=1S/C13H11FN4S/c1-15-11-7-6-10-12(18-11)19-13(17-10)16-9-4-2-8(14)3-5-9/h2-7H,1H3,(H,15,18)(H,16,17). The van der Waals surface area contributed by atoms with E-state index in [1.54, 1.807) is 12.1 Å². The number of fused-ring (bicyclic) bond motifs is 1. The minimum absolute atomic E-state index is 0.254. The lowest BCUT2D eigenvalue weighted by Gasteiger charge is -2.00. The van der Waals surface area contributed by atoms with Crippen LogP contribution in [-0.2, 0) is 0 Å². The van der Waals surface area contributed by atoms with Gasteiger partial charge in [-0.15, -0.1) is 0 Å². The van der Waals surface area contributed by atoms with Crippen molar-refractivity contribution in [3.63, 3.8) is 0 Å². The van der Waals surface area contributed by atoms with Crippen molar-refractivity contribution in [2.45, 2.75) is 0 Å². The molecule has 0 aliphatic heterocycles. The zero-order valence-corrected chi connectivity index (χ0v) is 11.0. The van der Waals surface area contributed by atoms with Crippen molar-refractivity contribution >= 4 is 38.3 Å². The lowest BCUT2D eigenvalue weighted by molar-refractivity contribution is 0.628. The van der Waals surface area contributed by atoms with Gasteiger partial charge in [0.15, 0.2) is 5.13 Å². The molecule has 0 aliphatic carbocycles. The number of thiazole rings is 1. The maximum Gasteiger partial charge on any atom is 0.189 e. The smallest absolute Gasteiger partial charge is 0.189 e. The van der Waals surface area contributed by atoms with Crippen LogP contribution in [0.15, 0.2) is 36.4 Å². The molecule has 96 valence electrons. The second-order valence-corrected chi connectivity index (χ2v) is 4.90. The molecule has 3 rings (SSSR count). The molecule has 0 aliphatic rings. The Morgan fingerprint density at radius 3 is 2.58 bits per heavy atom. The van der Waals surface area contributed by atoms with Crippen molar-refractivity contribution in [2.75, 3.05) is 17.7 Å². The Labute approximate surface area is 113 Å². The zero-order valence-electron chi connectivity index (χ0n) is 10.1. The van der Waals surface area contributed by atoms with E-state index in [4.69, 9.17) is 0 Å². The van der Waals surface area contributed by atoms with Crippen molar-refractivity contribution < 1.29 is 4.39 Å². The van der Waals surface area contributed by atoms with Crippen LogP contribution in [0.25, 0.3) is 10.3 Å². The number of aromatic nitrogens is 2. The molecule has 19 heavy (non-hydrogen) atoms. The summed E-state index contributed by atoms with van der Waals surface area (Å²) < 4.78 is 12.8. The summed E-state index contributed by atoms with van der Waals surface area (Å²) >= 11 is 1.46. The molecule has 0 unspecified atom stereocenters. The Morgan fingerprint density at radius 1 is 1.05 bits per heavy atom. The fourth-order valence-corrected chi connectivity index (χ4v) is 2.52. The topological polar surface area (TPSA) is 49.8 Å². The predicted molar refractivity (Wildman–Crippen MR) is 76.6 cm³/mol. The Balaban J connectivity index is 1.90. The molecule has 2 aromatic heterocycles. The fraction of sp³-hybridized carbons (Fsp3) is 0.0769. The quantitative estimate of drug-likeness (QED) is 0.766. The first-order valence-electron chi connectivity index (χ1n) is 5.72. The molecule has 2 N–H and O–H groups in total. The van der Waals surface area contributed by atoms with Crippen LogP contribution in [0.3, 0.4) is 0 Å². The lowest BCUT2D eigenvalue weighted by atomic mass is 10.3. The van der Waals surface area contributed by atoms with Crippen LogP contribution in [0.2, 0.25) is 0 Å². The highest BCUT2D eigenvalue weighted by Gasteiger charge is 2.06. The summed E-state index contributed by atoms with van der Waals surface area (Å²) in [6, 6.07) is 9.96. The van der Waals surface area contributed by atoms with Gasteiger partial charge < -0.3 is 10.6 Å². The van der Waals surface area contributed by atoms with Crippen LogP contribution in [0.5, 0.6) is 0 Å². The van der Waals surface area contributed by atoms with Gasteiger partial charge in [0.25, 0.3) is 0 Å². The molecule has 0 radical (unpaired) electrons. The third-order valence-corrected chi connectivity index (χ3v) is 3.49. The Kier molecular flexibility index (Phi) is 3.00. The highest BCUT2D eigenvalue weighted by atomic mass is 32.1. The van der Waals surface area contributed by atoms with Crippen LogP contribution in [0, 0.1) is 5.82 Å². The third-order valence-electron chi connectivity index (χ3n) is 2.61. The molecule has 3 aromatic rings. The Bertz CT molecular complexity index is 708. The van der Waals surface area contributed by atoms with Gasteiger partial charge >= 0.3 is 0 Å². The first-order chi connectivity index (χ1) is 9.24. The van der Waals surface area contributed by atoms with E-state index in [9.17, 15) is 4.39 Å². The summed E-state index contributed by atoms with van der Waals surface area (Å²) in [4.78, 5) is 9.70. The maximum atomic E-state index is 12.8. The minimum atomic E-state index is -0.254. The van der Waals surface area contributed by atoms with Gasteiger partial charge in [-0.1, -0.05) is 11.3 Å². The van der Waals surface area contributed by atoms with Crippen LogP contribution < -0.4 is 10.6 Å². The van der Waals surface area contributed by atoms with Gasteiger partial charge in [0, 0.05) is 12.7 Å². The number of pyridine rings is 1. The highest BCUT2D eigenvalue weighted by Crippen LogP contribution is 2.27. The normalized spacial score (nSPS) is 10.6. The molecule has 2 heterocycles. The number of benzene rings is 1. The molecule has 0 saturated heterocycles. The van der Waals surface area contributed by atoms with E-state index in [0.717, 1.165) is 27.0 Å². The summed E-state index contributed by atoms with van der Waals surface area (Å²) in [6.45, 7) is 0. The van der Waals surface area contributed by atoms with Crippen molar-refractivity contribution in [2.24, 2.45) is 0 Å². The maximum absolute atomic E-state index is 12.8. The summed E-state index contributed by atoms with van der Waals surface area (Å²) in [6.07, 6.45) is 0. The van der Waals surface area contributed by atoms with E-state index in [-0.39, 0.29) is 5.82 Å². The third kappa shape index (κ3) is 2.48. The molecule has 0 fully saturated rings. The molecule has 0 spiro atoms. The van der Waals surface area contributed by atoms with Gasteiger partial charge in [-0.3, -0.25) is 0 Å². The van der Waals surface area contributed by atoms with Crippen LogP contribution in [-0.4, -0.2) is 17.0 Å². The van der Waals surface area contributed by atoms with Crippen molar-refractivity contribution in [3.8, 4) is 0 Å². The largest absolute Gasteiger partial charge is 0.373 e. The number of nitrogens with zero attached hydrogens (tertiary/aromatic N) is 2. The average Bonchev–Trinajstić information content (AvgIpc) is 2.82. The lowest BCUT2D eigenvalue weighted by Crippen LogP contribution is -1.90. The van der Waals surface area contributed by atoms with Crippen molar-refractivity contribution in [3.05, 3.63) is 42.2 Å². The number of rotatable bonds is 3. The second kappa shape index (κ2) is 4.81. The molecule has 0 bridgehead atoms. The number of anilines is 3. The SMILES string of the molecule is CNc1ccc2nc(Nc3ccc(F)cc3)sc2n1. The van der Waals surface area contributed by atoms with Gasteiger partial charge in [0.2, 0.25) is 0 Å². The van der Waals surface area contributed by atoms with E-state index >= 15 is 0 Å². The van der Waals surface area contributed by atoms with E-state index in [1.165, 1.54) is 23.5 Å². The first kappa shape index (κ1) is 11.9. The first-order valence-corrected chi connectivity index (χ1v) is 6.54. The van der Waals surface area contributed by atoms with Crippen LogP contribution in [0.1, 0.15) is 0 Å². The molecule has 1 aromatic carbocycles. The van der Waals surface area contributed by atoms with Gasteiger partial charge in [0.1, 0.15) is 22.0 Å².